The molecule has 0 unspecified atom stereocenters. The number of hydrogen-bond acceptors (Lipinski definition) is 1. The molecule has 4 rings (SSSR count). The minimum absolute atomic E-state index is 0.474. The van der Waals surface area contributed by atoms with E-state index in [0.717, 1.165) is 5.75 Å². The van der Waals surface area contributed by atoms with Crippen LogP contribution >= 0.6 is 0 Å². The van der Waals surface area contributed by atoms with Crippen molar-refractivity contribution in [1.29, 1.82) is 0 Å². The van der Waals surface area contributed by atoms with E-state index in [1.54, 1.807) is 0 Å². The van der Waals surface area contributed by atoms with Gasteiger partial charge < -0.3 is 4.74 Å². The van der Waals surface area contributed by atoms with Gasteiger partial charge >= 0.3 is 0 Å². The maximum atomic E-state index is 7.01. The van der Waals surface area contributed by atoms with Crippen molar-refractivity contribution in [3.8, 4) is 5.75 Å². The van der Waals surface area contributed by atoms with Crippen molar-refractivity contribution in [2.75, 3.05) is 0 Å². The van der Waals surface area contributed by atoms with Crippen LogP contribution in [-0.2, 0) is 5.22 Å². The van der Waals surface area contributed by atoms with Gasteiger partial charge in [-0.1, -0.05) is 111 Å². The summed E-state index contributed by atoms with van der Waals surface area (Å²) in [5, 5.41) is 1.95. The van der Waals surface area contributed by atoms with Gasteiger partial charge in [0.2, 0.25) is 0 Å². The molecule has 2 heteroatoms. The van der Waals surface area contributed by atoms with Crippen molar-refractivity contribution in [3.05, 3.63) is 114 Å². The summed E-state index contributed by atoms with van der Waals surface area (Å²) in [5.74, 6) is 0.911. The zero-order valence-corrected chi connectivity index (χ0v) is 17.7. The van der Waals surface area contributed by atoms with E-state index in [-0.39, 0.29) is 0 Å². The SMILES string of the molecule is C[Si](C)(C)C(Oc1ccc2ccccc2c1)(c1ccccc1)c1ccccc1. The highest BCUT2D eigenvalue weighted by Gasteiger charge is 2.48. The van der Waals surface area contributed by atoms with E-state index in [0.29, 0.717) is 0 Å². The zero-order chi connectivity index (χ0) is 19.6. The molecule has 0 amide bonds. The van der Waals surface area contributed by atoms with Crippen molar-refractivity contribution < 1.29 is 4.74 Å². The first kappa shape index (κ1) is 18.5. The predicted octanol–water partition coefficient (Wildman–Crippen LogP) is 7.04. The molecular formula is C26H26OSi. The first-order valence-electron chi connectivity index (χ1n) is 9.79. The van der Waals surface area contributed by atoms with E-state index in [9.17, 15) is 0 Å². The van der Waals surface area contributed by atoms with E-state index in [1.165, 1.54) is 21.9 Å². The Morgan fingerprint density at radius 2 is 1.07 bits per heavy atom. The van der Waals surface area contributed by atoms with Gasteiger partial charge in [0.15, 0.2) is 0 Å². The monoisotopic (exact) mass is 382 g/mol. The topological polar surface area (TPSA) is 9.23 Å². The molecule has 1 nitrogen and oxygen atoms in total. The smallest absolute Gasteiger partial charge is 0.144 e. The summed E-state index contributed by atoms with van der Waals surface area (Å²) in [5.41, 5.74) is 2.43. The second-order valence-corrected chi connectivity index (χ2v) is 13.5. The number of ether oxygens (including phenoxy) is 1. The Morgan fingerprint density at radius 1 is 0.571 bits per heavy atom. The van der Waals surface area contributed by atoms with Gasteiger partial charge in [-0.15, -0.1) is 0 Å². The summed E-state index contributed by atoms with van der Waals surface area (Å²) in [4.78, 5) is 0. The maximum absolute atomic E-state index is 7.01. The summed E-state index contributed by atoms with van der Waals surface area (Å²) < 4.78 is 7.01. The number of hydrogen-bond donors (Lipinski definition) is 0. The van der Waals surface area contributed by atoms with Crippen LogP contribution in [0.2, 0.25) is 19.6 Å². The fourth-order valence-corrected chi connectivity index (χ4v) is 6.55. The van der Waals surface area contributed by atoms with Crippen LogP contribution in [0, 0.1) is 0 Å². The molecule has 0 saturated heterocycles. The molecule has 0 spiro atoms. The van der Waals surface area contributed by atoms with Crippen LogP contribution in [0.25, 0.3) is 10.8 Å². The number of rotatable bonds is 5. The highest BCUT2D eigenvalue weighted by atomic mass is 28.3. The number of fused-ring (bicyclic) bond motifs is 1. The van der Waals surface area contributed by atoms with E-state index in [1.807, 2.05) is 0 Å². The Bertz CT molecular complexity index is 1030. The lowest BCUT2D eigenvalue weighted by Crippen LogP contribution is -2.54. The molecular weight excluding hydrogens is 356 g/mol. The quantitative estimate of drug-likeness (QED) is 0.336. The van der Waals surface area contributed by atoms with E-state index < -0.39 is 13.3 Å². The van der Waals surface area contributed by atoms with Crippen LogP contribution in [0.5, 0.6) is 5.75 Å². The van der Waals surface area contributed by atoms with E-state index >= 15 is 0 Å². The maximum Gasteiger partial charge on any atom is 0.144 e. The summed E-state index contributed by atoms with van der Waals surface area (Å²) in [6, 6.07) is 36.2. The average molecular weight is 383 g/mol. The van der Waals surface area contributed by atoms with Gasteiger partial charge in [-0.05, 0) is 34.0 Å². The van der Waals surface area contributed by atoms with Gasteiger partial charge in [-0.25, -0.2) is 0 Å². The molecule has 28 heavy (non-hydrogen) atoms. The lowest BCUT2D eigenvalue weighted by atomic mass is 10.00. The summed E-state index contributed by atoms with van der Waals surface area (Å²) >= 11 is 0. The molecule has 0 atom stereocenters. The molecule has 0 radical (unpaired) electrons. The largest absolute Gasteiger partial charge is 0.482 e. The van der Waals surface area contributed by atoms with Gasteiger partial charge in [-0.2, -0.15) is 0 Å². The Kier molecular flexibility index (Phi) is 4.82. The lowest BCUT2D eigenvalue weighted by Gasteiger charge is -2.44. The van der Waals surface area contributed by atoms with Crippen molar-refractivity contribution in [2.45, 2.75) is 24.9 Å². The lowest BCUT2D eigenvalue weighted by molar-refractivity contribution is 0.188. The molecule has 0 saturated carbocycles. The average Bonchev–Trinajstić information content (AvgIpc) is 2.72. The second kappa shape index (κ2) is 7.29. The summed E-state index contributed by atoms with van der Waals surface area (Å²) in [6.45, 7) is 7.15. The molecule has 140 valence electrons. The minimum atomic E-state index is -1.89. The number of benzene rings is 4. The Balaban J connectivity index is 1.93. The van der Waals surface area contributed by atoms with Crippen LogP contribution in [0.1, 0.15) is 11.1 Å². The van der Waals surface area contributed by atoms with Crippen molar-refractivity contribution in [2.24, 2.45) is 0 Å². The van der Waals surface area contributed by atoms with Crippen molar-refractivity contribution >= 4 is 18.8 Å². The first-order valence-corrected chi connectivity index (χ1v) is 13.3. The van der Waals surface area contributed by atoms with Crippen LogP contribution in [0.3, 0.4) is 0 Å². The molecule has 0 aliphatic heterocycles. The Morgan fingerprint density at radius 3 is 1.61 bits per heavy atom. The van der Waals surface area contributed by atoms with Crippen molar-refractivity contribution in [3.63, 3.8) is 0 Å². The van der Waals surface area contributed by atoms with Crippen LogP contribution in [0.15, 0.2) is 103 Å². The highest BCUT2D eigenvalue weighted by Crippen LogP contribution is 2.43. The second-order valence-electron chi connectivity index (χ2n) is 8.27. The first-order chi connectivity index (χ1) is 13.5. The molecule has 0 heterocycles. The fraction of sp³-hybridized carbons (Fsp3) is 0.154. The molecule has 0 bridgehead atoms. The van der Waals surface area contributed by atoms with Crippen LogP contribution in [0.4, 0.5) is 0 Å². The van der Waals surface area contributed by atoms with Crippen LogP contribution < -0.4 is 4.74 Å². The standard InChI is InChI=1S/C26H26OSi/c1-28(2,3)26(23-14-6-4-7-15-23,24-16-8-5-9-17-24)27-25-19-18-21-12-10-11-13-22(21)20-25/h4-20H,1-3H3. The molecule has 4 aromatic rings. The molecule has 0 aliphatic carbocycles. The molecule has 4 aromatic carbocycles. The van der Waals surface area contributed by atoms with Gasteiger partial charge in [-0.3, -0.25) is 0 Å². The molecule has 0 fully saturated rings. The molecule has 0 aliphatic rings. The van der Waals surface area contributed by atoms with Crippen LogP contribution in [-0.4, -0.2) is 8.07 Å². The fourth-order valence-electron chi connectivity index (χ4n) is 4.06. The van der Waals surface area contributed by atoms with E-state index in [4.69, 9.17) is 4.74 Å². The zero-order valence-electron chi connectivity index (χ0n) is 16.7. The molecule has 0 aromatic heterocycles. The van der Waals surface area contributed by atoms with E-state index in [2.05, 4.69) is 123 Å². The highest BCUT2D eigenvalue weighted by molar-refractivity contribution is 6.79. The third kappa shape index (κ3) is 3.25. The van der Waals surface area contributed by atoms with Gasteiger partial charge in [0.1, 0.15) is 19.0 Å². The Labute approximate surface area is 168 Å². The summed E-state index contributed by atoms with van der Waals surface area (Å²) in [7, 11) is -1.89. The molecule has 0 N–H and O–H groups in total. The summed E-state index contributed by atoms with van der Waals surface area (Å²) in [6.07, 6.45) is 0. The van der Waals surface area contributed by atoms with Crippen molar-refractivity contribution in [1.82, 2.24) is 0 Å². The third-order valence-electron chi connectivity index (χ3n) is 5.41. The van der Waals surface area contributed by atoms with Gasteiger partial charge in [0.05, 0.1) is 0 Å². The normalized spacial score (nSPS) is 12.1. The van der Waals surface area contributed by atoms with Gasteiger partial charge in [0.25, 0.3) is 0 Å². The minimum Gasteiger partial charge on any atom is -0.482 e. The Hall–Kier alpha value is -2.84. The van der Waals surface area contributed by atoms with Gasteiger partial charge in [0, 0.05) is 0 Å². The predicted molar refractivity (Wildman–Crippen MR) is 122 cm³/mol. The third-order valence-corrected chi connectivity index (χ3v) is 8.20.